The maximum absolute atomic E-state index is 11.7. The van der Waals surface area contributed by atoms with Crippen LogP contribution in [0, 0.1) is 11.8 Å². The van der Waals surface area contributed by atoms with Crippen molar-refractivity contribution in [2.75, 3.05) is 37.8 Å². The molecule has 1 aliphatic heterocycles. The summed E-state index contributed by atoms with van der Waals surface area (Å²) in [7, 11) is 4.20. The third-order valence-corrected chi connectivity index (χ3v) is 7.28. The van der Waals surface area contributed by atoms with Crippen LogP contribution < -0.4 is 10.6 Å². The second-order valence-corrected chi connectivity index (χ2v) is 9.30. The average molecular weight is 402 g/mol. The number of piperidine rings is 1. The van der Waals surface area contributed by atoms with Crippen molar-refractivity contribution in [3.8, 4) is 0 Å². The Kier molecular flexibility index (Phi) is 4.72. The van der Waals surface area contributed by atoms with Gasteiger partial charge in [0.15, 0.2) is 0 Å². The molecule has 0 amide bonds. The van der Waals surface area contributed by atoms with Crippen LogP contribution in [0.25, 0.3) is 10.8 Å². The zero-order valence-electron chi connectivity index (χ0n) is 17.9. The SMILES string of the molecule is CN(C)c1ccc(CN2CC3CCC(C2)C3(O)c2cccc(N)c2)c2ccccc12. The van der Waals surface area contributed by atoms with E-state index in [1.165, 1.54) is 22.0 Å². The van der Waals surface area contributed by atoms with Crippen LogP contribution in [0.15, 0.2) is 60.7 Å². The number of hydrogen-bond donors (Lipinski definition) is 2. The minimum absolute atomic E-state index is 0.255. The smallest absolute Gasteiger partial charge is 0.0977 e. The minimum Gasteiger partial charge on any atom is -0.399 e. The Morgan fingerprint density at radius 3 is 2.33 bits per heavy atom. The number of hydrogen-bond acceptors (Lipinski definition) is 4. The first-order valence-electron chi connectivity index (χ1n) is 11.0. The fourth-order valence-electron chi connectivity index (χ4n) is 5.84. The summed E-state index contributed by atoms with van der Waals surface area (Å²) in [5.41, 5.74) is 9.63. The Morgan fingerprint density at radius 1 is 0.967 bits per heavy atom. The highest BCUT2D eigenvalue weighted by Crippen LogP contribution is 2.51. The van der Waals surface area contributed by atoms with Gasteiger partial charge in [0.25, 0.3) is 0 Å². The third-order valence-electron chi connectivity index (χ3n) is 7.28. The van der Waals surface area contributed by atoms with E-state index in [-0.39, 0.29) is 11.8 Å². The Hall–Kier alpha value is -2.56. The van der Waals surface area contributed by atoms with Gasteiger partial charge in [0.05, 0.1) is 5.60 Å². The van der Waals surface area contributed by atoms with Crippen LogP contribution in [-0.2, 0) is 12.1 Å². The molecule has 3 aromatic rings. The van der Waals surface area contributed by atoms with Crippen molar-refractivity contribution in [3.05, 3.63) is 71.8 Å². The lowest BCUT2D eigenvalue weighted by molar-refractivity contribution is -0.0913. The molecule has 3 N–H and O–H groups in total. The summed E-state index contributed by atoms with van der Waals surface area (Å²) in [6.45, 7) is 2.77. The van der Waals surface area contributed by atoms with Gasteiger partial charge in [0.1, 0.15) is 0 Å². The molecule has 0 radical (unpaired) electrons. The quantitative estimate of drug-likeness (QED) is 0.643. The first-order valence-corrected chi connectivity index (χ1v) is 11.0. The first-order chi connectivity index (χ1) is 14.5. The van der Waals surface area contributed by atoms with Gasteiger partial charge < -0.3 is 15.7 Å². The van der Waals surface area contributed by atoms with Gasteiger partial charge in [-0.25, -0.2) is 0 Å². The number of benzene rings is 3. The Balaban J connectivity index is 1.42. The van der Waals surface area contributed by atoms with E-state index in [9.17, 15) is 5.11 Å². The van der Waals surface area contributed by atoms with E-state index in [1.54, 1.807) is 0 Å². The summed E-state index contributed by atoms with van der Waals surface area (Å²) >= 11 is 0. The molecule has 0 aromatic heterocycles. The molecule has 1 saturated carbocycles. The van der Waals surface area contributed by atoms with Crippen molar-refractivity contribution in [1.29, 1.82) is 0 Å². The number of aliphatic hydroxyl groups is 1. The number of nitrogens with zero attached hydrogens (tertiary/aromatic N) is 2. The number of fused-ring (bicyclic) bond motifs is 3. The van der Waals surface area contributed by atoms with E-state index in [1.807, 2.05) is 24.3 Å². The van der Waals surface area contributed by atoms with Crippen molar-refractivity contribution >= 4 is 22.1 Å². The van der Waals surface area contributed by atoms with Gasteiger partial charge in [-0.2, -0.15) is 0 Å². The summed E-state index contributed by atoms with van der Waals surface area (Å²) in [4.78, 5) is 4.72. The van der Waals surface area contributed by atoms with Gasteiger partial charge >= 0.3 is 0 Å². The van der Waals surface area contributed by atoms with E-state index >= 15 is 0 Å². The molecule has 2 fully saturated rings. The molecule has 1 saturated heterocycles. The number of nitrogen functional groups attached to an aromatic ring is 1. The summed E-state index contributed by atoms with van der Waals surface area (Å²) in [6, 6.07) is 21.1. The molecule has 4 heteroatoms. The van der Waals surface area contributed by atoms with Crippen molar-refractivity contribution in [2.45, 2.75) is 25.0 Å². The largest absolute Gasteiger partial charge is 0.399 e. The Bertz CT molecular complexity index is 1060. The third kappa shape index (κ3) is 3.06. The van der Waals surface area contributed by atoms with Crippen LogP contribution in [0.3, 0.4) is 0 Å². The molecule has 2 aliphatic rings. The van der Waals surface area contributed by atoms with Crippen LogP contribution in [0.5, 0.6) is 0 Å². The molecule has 156 valence electrons. The number of nitrogens with two attached hydrogens (primary N) is 1. The van der Waals surface area contributed by atoms with E-state index in [4.69, 9.17) is 5.73 Å². The van der Waals surface area contributed by atoms with Crippen molar-refractivity contribution < 1.29 is 5.11 Å². The van der Waals surface area contributed by atoms with Gasteiger partial charge in [0.2, 0.25) is 0 Å². The molecule has 5 rings (SSSR count). The summed E-state index contributed by atoms with van der Waals surface area (Å²) < 4.78 is 0. The molecular weight excluding hydrogens is 370 g/mol. The normalized spacial score (nSPS) is 26.2. The van der Waals surface area contributed by atoms with Crippen LogP contribution in [-0.4, -0.2) is 37.2 Å². The maximum atomic E-state index is 11.7. The second kappa shape index (κ2) is 7.29. The fourth-order valence-corrected chi connectivity index (χ4v) is 5.84. The zero-order chi connectivity index (χ0) is 20.9. The van der Waals surface area contributed by atoms with Gasteiger partial charge in [-0.15, -0.1) is 0 Å². The highest BCUT2D eigenvalue weighted by molar-refractivity contribution is 5.96. The predicted octanol–water partition coefficient (Wildman–Crippen LogP) is 4.22. The van der Waals surface area contributed by atoms with E-state index in [0.29, 0.717) is 0 Å². The van der Waals surface area contributed by atoms with E-state index in [0.717, 1.165) is 43.7 Å². The maximum Gasteiger partial charge on any atom is 0.0977 e. The highest BCUT2D eigenvalue weighted by Gasteiger charge is 2.53. The zero-order valence-corrected chi connectivity index (χ0v) is 17.9. The van der Waals surface area contributed by atoms with E-state index < -0.39 is 5.60 Å². The second-order valence-electron chi connectivity index (χ2n) is 9.30. The van der Waals surface area contributed by atoms with Crippen LogP contribution in [0.1, 0.15) is 24.0 Å². The molecule has 0 spiro atoms. The van der Waals surface area contributed by atoms with Crippen LogP contribution in [0.4, 0.5) is 11.4 Å². The molecule has 30 heavy (non-hydrogen) atoms. The molecule has 2 atom stereocenters. The molecule has 3 aromatic carbocycles. The van der Waals surface area contributed by atoms with Crippen molar-refractivity contribution in [2.24, 2.45) is 11.8 Å². The molecule has 1 aliphatic carbocycles. The summed E-state index contributed by atoms with van der Waals surface area (Å²) in [5.74, 6) is 0.510. The lowest BCUT2D eigenvalue weighted by Crippen LogP contribution is -2.51. The lowest BCUT2D eigenvalue weighted by atomic mass is 9.75. The van der Waals surface area contributed by atoms with E-state index in [2.05, 4.69) is 60.3 Å². The molecule has 4 nitrogen and oxygen atoms in total. The topological polar surface area (TPSA) is 52.7 Å². The predicted molar refractivity (Wildman–Crippen MR) is 125 cm³/mol. The molecular formula is C26H31N3O. The fraction of sp³-hybridized carbons (Fsp3) is 0.385. The minimum atomic E-state index is -0.747. The standard InChI is InChI=1S/C26H31N3O/c1-28(2)25-13-10-18(23-8-3-4-9-24(23)25)15-29-16-20-11-12-21(17-29)26(20,30)19-6-5-7-22(27)14-19/h3-10,13-14,20-21,30H,11-12,15-17,27H2,1-2H3. The average Bonchev–Trinajstić information content (AvgIpc) is 2.90. The number of rotatable bonds is 4. The monoisotopic (exact) mass is 401 g/mol. The van der Waals surface area contributed by atoms with Gasteiger partial charge in [-0.3, -0.25) is 4.90 Å². The highest BCUT2D eigenvalue weighted by atomic mass is 16.3. The van der Waals surface area contributed by atoms with Crippen LogP contribution in [0.2, 0.25) is 0 Å². The lowest BCUT2D eigenvalue weighted by Gasteiger charge is -2.45. The van der Waals surface area contributed by atoms with Crippen LogP contribution >= 0.6 is 0 Å². The molecule has 2 bridgehead atoms. The molecule has 1 heterocycles. The van der Waals surface area contributed by atoms with Crippen molar-refractivity contribution in [3.63, 3.8) is 0 Å². The first kappa shape index (κ1) is 19.4. The van der Waals surface area contributed by atoms with Gasteiger partial charge in [0, 0.05) is 62.3 Å². The molecule has 2 unspecified atom stereocenters. The number of likely N-dealkylation sites (tertiary alicyclic amines) is 1. The summed E-state index contributed by atoms with van der Waals surface area (Å²) in [6.07, 6.45) is 2.15. The Morgan fingerprint density at radius 2 is 1.67 bits per heavy atom. The van der Waals surface area contributed by atoms with Gasteiger partial charge in [-0.1, -0.05) is 42.5 Å². The summed E-state index contributed by atoms with van der Waals surface area (Å²) in [5, 5.41) is 14.4. The number of anilines is 2. The van der Waals surface area contributed by atoms with Crippen molar-refractivity contribution in [1.82, 2.24) is 4.90 Å². The van der Waals surface area contributed by atoms with Gasteiger partial charge in [-0.05, 0) is 47.6 Å². The Labute approximate surface area is 178 Å².